The van der Waals surface area contributed by atoms with Gasteiger partial charge in [0, 0.05) is 5.02 Å². The van der Waals surface area contributed by atoms with Crippen LogP contribution >= 0.6 is 11.6 Å². The lowest BCUT2D eigenvalue weighted by Crippen LogP contribution is -2.16. The molecule has 2 nitrogen and oxygen atoms in total. The highest BCUT2D eigenvalue weighted by Crippen LogP contribution is 2.18. The highest BCUT2D eigenvalue weighted by Gasteiger charge is 2.05. The van der Waals surface area contributed by atoms with Gasteiger partial charge < -0.3 is 10.4 Å². The van der Waals surface area contributed by atoms with E-state index in [1.807, 2.05) is 12.1 Å². The second-order valence-electron chi connectivity index (χ2n) is 3.21. The van der Waals surface area contributed by atoms with Crippen molar-refractivity contribution in [3.8, 4) is 0 Å². The zero-order valence-corrected chi connectivity index (χ0v) is 9.09. The van der Waals surface area contributed by atoms with Gasteiger partial charge in [0.1, 0.15) is 0 Å². The number of rotatable bonds is 5. The Morgan fingerprint density at radius 1 is 1.36 bits per heavy atom. The number of aliphatic hydroxyl groups excluding tert-OH is 1. The van der Waals surface area contributed by atoms with Gasteiger partial charge in [-0.25, -0.2) is 0 Å². The summed E-state index contributed by atoms with van der Waals surface area (Å²) in [6, 6.07) is 7.32. The summed E-state index contributed by atoms with van der Waals surface area (Å²) < 4.78 is 0. The Hall–Kier alpha value is -0.570. The SMILES string of the molecule is CCNCCC(O)c1ccc(Cl)cc1. The molecule has 0 amide bonds. The Morgan fingerprint density at radius 2 is 2.00 bits per heavy atom. The highest BCUT2D eigenvalue weighted by molar-refractivity contribution is 6.30. The Bertz CT molecular complexity index is 260. The van der Waals surface area contributed by atoms with Crippen LogP contribution in [0, 0.1) is 0 Å². The van der Waals surface area contributed by atoms with Gasteiger partial charge in [-0.05, 0) is 37.2 Å². The standard InChI is InChI=1S/C11H16ClNO/c1-2-13-8-7-11(14)9-3-5-10(12)6-4-9/h3-6,11,13-14H,2,7-8H2,1H3. The average molecular weight is 214 g/mol. The first-order valence-corrected chi connectivity index (χ1v) is 5.26. The largest absolute Gasteiger partial charge is 0.388 e. The van der Waals surface area contributed by atoms with Crippen molar-refractivity contribution < 1.29 is 5.11 Å². The lowest BCUT2D eigenvalue weighted by Gasteiger charge is -2.10. The summed E-state index contributed by atoms with van der Waals surface area (Å²) in [5.41, 5.74) is 0.923. The monoisotopic (exact) mass is 213 g/mol. The molecule has 1 aromatic rings. The molecule has 78 valence electrons. The number of halogens is 1. The Kier molecular flexibility index (Phi) is 4.94. The van der Waals surface area contributed by atoms with Crippen LogP contribution in [0.15, 0.2) is 24.3 Å². The summed E-state index contributed by atoms with van der Waals surface area (Å²) in [4.78, 5) is 0. The van der Waals surface area contributed by atoms with E-state index in [4.69, 9.17) is 11.6 Å². The molecule has 0 aliphatic heterocycles. The summed E-state index contributed by atoms with van der Waals surface area (Å²) in [6.45, 7) is 3.82. The molecule has 1 unspecified atom stereocenters. The van der Waals surface area contributed by atoms with Crippen molar-refractivity contribution in [2.45, 2.75) is 19.4 Å². The van der Waals surface area contributed by atoms with Gasteiger partial charge >= 0.3 is 0 Å². The molecule has 0 radical (unpaired) electrons. The molecule has 3 heteroatoms. The van der Waals surface area contributed by atoms with E-state index in [0.29, 0.717) is 5.02 Å². The molecular weight excluding hydrogens is 198 g/mol. The van der Waals surface area contributed by atoms with Crippen molar-refractivity contribution >= 4 is 11.6 Å². The summed E-state index contributed by atoms with van der Waals surface area (Å²) in [6.07, 6.45) is 0.335. The minimum atomic E-state index is -0.397. The van der Waals surface area contributed by atoms with E-state index >= 15 is 0 Å². The van der Waals surface area contributed by atoms with Crippen LogP contribution in [0.25, 0.3) is 0 Å². The first-order chi connectivity index (χ1) is 6.74. The van der Waals surface area contributed by atoms with E-state index in [2.05, 4.69) is 12.2 Å². The smallest absolute Gasteiger partial charge is 0.0802 e. The fourth-order valence-corrected chi connectivity index (χ4v) is 1.39. The van der Waals surface area contributed by atoms with Gasteiger partial charge in [-0.15, -0.1) is 0 Å². The maximum atomic E-state index is 9.75. The topological polar surface area (TPSA) is 32.3 Å². The molecule has 2 N–H and O–H groups in total. The molecular formula is C11H16ClNO. The second kappa shape index (κ2) is 6.02. The number of benzene rings is 1. The van der Waals surface area contributed by atoms with Gasteiger partial charge in [-0.1, -0.05) is 30.7 Å². The predicted molar refractivity (Wildman–Crippen MR) is 59.6 cm³/mol. The van der Waals surface area contributed by atoms with E-state index in [-0.39, 0.29) is 0 Å². The van der Waals surface area contributed by atoms with Crippen molar-refractivity contribution in [1.29, 1.82) is 0 Å². The van der Waals surface area contributed by atoms with Gasteiger partial charge in [-0.3, -0.25) is 0 Å². The van der Waals surface area contributed by atoms with E-state index < -0.39 is 6.10 Å². The molecule has 0 aliphatic carbocycles. The van der Waals surface area contributed by atoms with E-state index in [9.17, 15) is 5.11 Å². The van der Waals surface area contributed by atoms with Crippen molar-refractivity contribution in [3.05, 3.63) is 34.9 Å². The van der Waals surface area contributed by atoms with Crippen LogP contribution in [0.4, 0.5) is 0 Å². The zero-order valence-electron chi connectivity index (χ0n) is 8.33. The predicted octanol–water partition coefficient (Wildman–Crippen LogP) is 2.37. The third kappa shape index (κ3) is 3.66. The molecule has 0 heterocycles. The van der Waals surface area contributed by atoms with E-state index in [1.165, 1.54) is 0 Å². The van der Waals surface area contributed by atoms with Crippen molar-refractivity contribution in [3.63, 3.8) is 0 Å². The molecule has 0 spiro atoms. The van der Waals surface area contributed by atoms with Crippen molar-refractivity contribution in [2.24, 2.45) is 0 Å². The normalized spacial score (nSPS) is 12.8. The minimum absolute atomic E-state index is 0.397. The molecule has 0 aliphatic rings. The fourth-order valence-electron chi connectivity index (χ4n) is 1.27. The van der Waals surface area contributed by atoms with Crippen LogP contribution < -0.4 is 5.32 Å². The first-order valence-electron chi connectivity index (χ1n) is 4.88. The minimum Gasteiger partial charge on any atom is -0.388 e. The van der Waals surface area contributed by atoms with Gasteiger partial charge in [0.05, 0.1) is 6.10 Å². The van der Waals surface area contributed by atoms with Gasteiger partial charge in [-0.2, -0.15) is 0 Å². The molecule has 0 fully saturated rings. The van der Waals surface area contributed by atoms with E-state index in [0.717, 1.165) is 25.1 Å². The van der Waals surface area contributed by atoms with Crippen LogP contribution in [-0.4, -0.2) is 18.2 Å². The van der Waals surface area contributed by atoms with Crippen LogP contribution in [0.3, 0.4) is 0 Å². The summed E-state index contributed by atoms with van der Waals surface area (Å²) in [5, 5.41) is 13.6. The maximum absolute atomic E-state index is 9.75. The third-order valence-corrected chi connectivity index (χ3v) is 2.35. The molecule has 0 aromatic heterocycles. The lowest BCUT2D eigenvalue weighted by atomic mass is 10.1. The Balaban J connectivity index is 2.43. The lowest BCUT2D eigenvalue weighted by molar-refractivity contribution is 0.167. The maximum Gasteiger partial charge on any atom is 0.0802 e. The van der Waals surface area contributed by atoms with Crippen LogP contribution in [0.5, 0.6) is 0 Å². The Labute approximate surface area is 89.9 Å². The molecule has 1 atom stereocenters. The molecule has 0 bridgehead atoms. The van der Waals surface area contributed by atoms with Gasteiger partial charge in [0.2, 0.25) is 0 Å². The van der Waals surface area contributed by atoms with Crippen LogP contribution in [0.2, 0.25) is 5.02 Å². The van der Waals surface area contributed by atoms with Crippen LogP contribution in [0.1, 0.15) is 25.0 Å². The van der Waals surface area contributed by atoms with Crippen molar-refractivity contribution in [2.75, 3.05) is 13.1 Å². The first kappa shape index (κ1) is 11.5. The summed E-state index contributed by atoms with van der Waals surface area (Å²) in [7, 11) is 0. The zero-order chi connectivity index (χ0) is 10.4. The second-order valence-corrected chi connectivity index (χ2v) is 3.65. The average Bonchev–Trinajstić information content (AvgIpc) is 2.19. The van der Waals surface area contributed by atoms with Crippen molar-refractivity contribution in [1.82, 2.24) is 5.32 Å². The fraction of sp³-hybridized carbons (Fsp3) is 0.455. The molecule has 1 rings (SSSR count). The van der Waals surface area contributed by atoms with Gasteiger partial charge in [0.15, 0.2) is 0 Å². The molecule has 14 heavy (non-hydrogen) atoms. The molecule has 0 saturated carbocycles. The highest BCUT2D eigenvalue weighted by atomic mass is 35.5. The number of hydrogen-bond acceptors (Lipinski definition) is 2. The van der Waals surface area contributed by atoms with E-state index in [1.54, 1.807) is 12.1 Å². The summed E-state index contributed by atoms with van der Waals surface area (Å²) >= 11 is 5.75. The number of aliphatic hydroxyl groups is 1. The summed E-state index contributed by atoms with van der Waals surface area (Å²) in [5.74, 6) is 0. The Morgan fingerprint density at radius 3 is 2.57 bits per heavy atom. The molecule has 1 aromatic carbocycles. The van der Waals surface area contributed by atoms with Crippen LogP contribution in [-0.2, 0) is 0 Å². The number of hydrogen-bond donors (Lipinski definition) is 2. The van der Waals surface area contributed by atoms with Gasteiger partial charge in [0.25, 0.3) is 0 Å². The number of nitrogens with one attached hydrogen (secondary N) is 1. The third-order valence-electron chi connectivity index (χ3n) is 2.10. The quantitative estimate of drug-likeness (QED) is 0.737. The molecule has 0 saturated heterocycles.